The molecule has 0 aromatic carbocycles. The van der Waals surface area contributed by atoms with E-state index in [1.54, 1.807) is 43.5 Å². The second-order valence-corrected chi connectivity index (χ2v) is 4.19. The summed E-state index contributed by atoms with van der Waals surface area (Å²) in [7, 11) is 0. The van der Waals surface area contributed by atoms with Crippen molar-refractivity contribution in [1.29, 1.82) is 0 Å². The first kappa shape index (κ1) is 13.0. The van der Waals surface area contributed by atoms with Gasteiger partial charge in [0.1, 0.15) is 5.69 Å². The van der Waals surface area contributed by atoms with Crippen LogP contribution in [0.4, 0.5) is 0 Å². The topological polar surface area (TPSA) is 72.2 Å². The zero-order valence-electron chi connectivity index (χ0n) is 10.5. The molecule has 1 amide bonds. The molecule has 1 N–H and O–H groups in total. The van der Waals surface area contributed by atoms with Gasteiger partial charge in [0, 0.05) is 18.7 Å². The highest BCUT2D eigenvalue weighted by atomic mass is 16.3. The Morgan fingerprint density at radius 3 is 2.79 bits per heavy atom. The molecule has 0 aliphatic rings. The summed E-state index contributed by atoms with van der Waals surface area (Å²) in [6, 6.07) is 8.07. The third-order valence-corrected chi connectivity index (χ3v) is 2.56. The number of nitrogens with zero attached hydrogens (tertiary/aromatic N) is 1. The van der Waals surface area contributed by atoms with Gasteiger partial charge in [-0.15, -0.1) is 0 Å². The normalized spacial score (nSPS) is 11.8. The van der Waals surface area contributed by atoms with Gasteiger partial charge < -0.3 is 9.73 Å². The first-order valence-corrected chi connectivity index (χ1v) is 5.95. The van der Waals surface area contributed by atoms with Crippen molar-refractivity contribution in [1.82, 2.24) is 10.3 Å². The van der Waals surface area contributed by atoms with E-state index in [1.807, 2.05) is 0 Å². The van der Waals surface area contributed by atoms with E-state index in [0.29, 0.717) is 11.5 Å². The molecule has 1 atom stereocenters. The molecule has 98 valence electrons. The van der Waals surface area contributed by atoms with Crippen LogP contribution < -0.4 is 5.32 Å². The third-order valence-electron chi connectivity index (χ3n) is 2.56. The van der Waals surface area contributed by atoms with Gasteiger partial charge in [-0.3, -0.25) is 14.6 Å². The third kappa shape index (κ3) is 3.51. The number of amides is 1. The van der Waals surface area contributed by atoms with Crippen LogP contribution >= 0.6 is 0 Å². The lowest BCUT2D eigenvalue weighted by atomic mass is 10.1. The Morgan fingerprint density at radius 1 is 1.32 bits per heavy atom. The number of carbonyl (C=O) groups is 2. The number of hydrogen-bond donors (Lipinski definition) is 1. The van der Waals surface area contributed by atoms with Crippen molar-refractivity contribution in [2.75, 3.05) is 0 Å². The molecule has 5 nitrogen and oxygen atoms in total. The fourth-order valence-electron chi connectivity index (χ4n) is 1.66. The van der Waals surface area contributed by atoms with Crippen molar-refractivity contribution >= 4 is 11.7 Å². The first-order chi connectivity index (χ1) is 9.16. The Balaban J connectivity index is 1.90. The van der Waals surface area contributed by atoms with Gasteiger partial charge in [0.05, 0.1) is 6.26 Å². The van der Waals surface area contributed by atoms with Gasteiger partial charge >= 0.3 is 0 Å². The number of furan rings is 1. The Hall–Kier alpha value is -2.43. The van der Waals surface area contributed by atoms with Gasteiger partial charge in [-0.25, -0.2) is 0 Å². The van der Waals surface area contributed by atoms with E-state index in [2.05, 4.69) is 10.3 Å². The molecule has 19 heavy (non-hydrogen) atoms. The zero-order chi connectivity index (χ0) is 13.7. The van der Waals surface area contributed by atoms with Gasteiger partial charge in [-0.1, -0.05) is 6.07 Å². The highest BCUT2D eigenvalue weighted by Crippen LogP contribution is 2.06. The minimum atomic E-state index is -0.291. The Morgan fingerprint density at radius 2 is 2.16 bits per heavy atom. The van der Waals surface area contributed by atoms with Gasteiger partial charge in [-0.2, -0.15) is 0 Å². The maximum atomic E-state index is 11.8. The fourth-order valence-corrected chi connectivity index (χ4v) is 1.66. The molecule has 0 aliphatic carbocycles. The highest BCUT2D eigenvalue weighted by Gasteiger charge is 2.16. The number of rotatable bonds is 5. The van der Waals surface area contributed by atoms with Gasteiger partial charge in [0.2, 0.25) is 0 Å². The molecule has 0 unspecified atom stereocenters. The predicted molar refractivity (Wildman–Crippen MR) is 68.8 cm³/mol. The van der Waals surface area contributed by atoms with Gasteiger partial charge in [0.15, 0.2) is 11.5 Å². The average molecular weight is 258 g/mol. The number of nitrogens with one attached hydrogen (secondary N) is 1. The number of carbonyl (C=O) groups excluding carboxylic acids is 2. The van der Waals surface area contributed by atoms with Crippen LogP contribution in [0.5, 0.6) is 0 Å². The standard InChI is InChI=1S/C14H14N2O3/c1-10(9-12(17)13-6-4-8-19-13)16-14(18)11-5-2-3-7-15-11/h2-8,10H,9H2,1H3,(H,16,18)/t10-/m0/s1. The quantitative estimate of drug-likeness (QED) is 0.833. The van der Waals surface area contributed by atoms with Crippen LogP contribution in [0, 0.1) is 0 Å². The molecule has 0 fully saturated rings. The monoisotopic (exact) mass is 258 g/mol. The van der Waals surface area contributed by atoms with Crippen molar-refractivity contribution in [3.8, 4) is 0 Å². The lowest BCUT2D eigenvalue weighted by molar-refractivity contribution is 0.0904. The minimum Gasteiger partial charge on any atom is -0.461 e. The largest absolute Gasteiger partial charge is 0.461 e. The van der Waals surface area contributed by atoms with Crippen LogP contribution in [0.2, 0.25) is 0 Å². The molecule has 0 saturated carbocycles. The molecular formula is C14H14N2O3. The van der Waals surface area contributed by atoms with E-state index >= 15 is 0 Å². The average Bonchev–Trinajstić information content (AvgIpc) is 2.93. The molecule has 2 heterocycles. The Bertz CT molecular complexity index is 549. The SMILES string of the molecule is C[C@@H](CC(=O)c1ccco1)NC(=O)c1ccccn1. The Labute approximate surface area is 110 Å². The summed E-state index contributed by atoms with van der Waals surface area (Å²) in [4.78, 5) is 27.5. The number of pyridine rings is 1. The summed E-state index contributed by atoms with van der Waals surface area (Å²) in [5.41, 5.74) is 0.333. The van der Waals surface area contributed by atoms with E-state index in [1.165, 1.54) is 6.26 Å². The maximum Gasteiger partial charge on any atom is 0.270 e. The molecule has 0 saturated heterocycles. The van der Waals surface area contributed by atoms with Crippen molar-refractivity contribution in [3.05, 3.63) is 54.2 Å². The molecule has 2 rings (SSSR count). The van der Waals surface area contributed by atoms with Crippen LogP contribution in [-0.4, -0.2) is 22.7 Å². The Kier molecular flexibility index (Phi) is 4.07. The summed E-state index contributed by atoms with van der Waals surface area (Å²) in [5, 5.41) is 2.73. The molecule has 2 aromatic rings. The smallest absolute Gasteiger partial charge is 0.270 e. The van der Waals surface area contributed by atoms with Crippen LogP contribution in [0.25, 0.3) is 0 Å². The fraction of sp³-hybridized carbons (Fsp3) is 0.214. The van der Waals surface area contributed by atoms with Crippen LogP contribution in [0.1, 0.15) is 34.4 Å². The summed E-state index contributed by atoms with van der Waals surface area (Å²) >= 11 is 0. The molecule has 2 aromatic heterocycles. The summed E-state index contributed by atoms with van der Waals surface area (Å²) in [6.07, 6.45) is 3.18. The van der Waals surface area contributed by atoms with E-state index in [9.17, 15) is 9.59 Å². The molecule has 0 spiro atoms. The van der Waals surface area contributed by atoms with Crippen LogP contribution in [-0.2, 0) is 0 Å². The number of hydrogen-bond acceptors (Lipinski definition) is 4. The van der Waals surface area contributed by atoms with Gasteiger partial charge in [0.25, 0.3) is 5.91 Å². The molecular weight excluding hydrogens is 244 g/mol. The number of Topliss-reactive ketones (excluding diaryl/α,β-unsaturated/α-hetero) is 1. The second kappa shape index (κ2) is 5.95. The van der Waals surface area contributed by atoms with E-state index in [4.69, 9.17) is 4.42 Å². The highest BCUT2D eigenvalue weighted by molar-refractivity contribution is 5.95. The molecule has 0 radical (unpaired) electrons. The van der Waals surface area contributed by atoms with E-state index in [-0.39, 0.29) is 24.2 Å². The zero-order valence-corrected chi connectivity index (χ0v) is 10.5. The maximum absolute atomic E-state index is 11.8. The number of aromatic nitrogens is 1. The van der Waals surface area contributed by atoms with Crippen LogP contribution in [0.3, 0.4) is 0 Å². The summed E-state index contributed by atoms with van der Waals surface area (Å²) in [6.45, 7) is 1.77. The second-order valence-electron chi connectivity index (χ2n) is 4.19. The lowest BCUT2D eigenvalue weighted by Gasteiger charge is -2.11. The number of ketones is 1. The molecule has 0 bridgehead atoms. The minimum absolute atomic E-state index is 0.140. The van der Waals surface area contributed by atoms with Crippen molar-refractivity contribution in [2.24, 2.45) is 0 Å². The summed E-state index contributed by atoms with van der Waals surface area (Å²) in [5.74, 6) is -0.127. The molecule has 0 aliphatic heterocycles. The van der Waals surface area contributed by atoms with Crippen LogP contribution in [0.15, 0.2) is 47.2 Å². The van der Waals surface area contributed by atoms with E-state index in [0.717, 1.165) is 0 Å². The van der Waals surface area contributed by atoms with Gasteiger partial charge in [-0.05, 0) is 31.2 Å². The summed E-state index contributed by atoms with van der Waals surface area (Å²) < 4.78 is 5.01. The van der Waals surface area contributed by atoms with Crippen molar-refractivity contribution < 1.29 is 14.0 Å². The lowest BCUT2D eigenvalue weighted by Crippen LogP contribution is -2.34. The van der Waals surface area contributed by atoms with E-state index < -0.39 is 0 Å². The van der Waals surface area contributed by atoms with Crippen molar-refractivity contribution in [2.45, 2.75) is 19.4 Å². The first-order valence-electron chi connectivity index (χ1n) is 5.95. The van der Waals surface area contributed by atoms with Crippen molar-refractivity contribution in [3.63, 3.8) is 0 Å². The molecule has 5 heteroatoms. The predicted octanol–water partition coefficient (Wildman–Crippen LogP) is 2.07.